The number of benzene rings is 1. The quantitative estimate of drug-likeness (QED) is 0.720. The van der Waals surface area contributed by atoms with Gasteiger partial charge in [0.1, 0.15) is 6.61 Å². The summed E-state index contributed by atoms with van der Waals surface area (Å²) >= 11 is 0. The number of hydrogen-bond acceptors (Lipinski definition) is 2. The summed E-state index contributed by atoms with van der Waals surface area (Å²) < 4.78 is 43.8. The molecule has 1 aliphatic heterocycles. The Hall–Kier alpha value is -1.09. The molecule has 1 heterocycles. The van der Waals surface area contributed by atoms with Crippen LogP contribution in [0.3, 0.4) is 0 Å². The first-order valence-electron chi connectivity index (χ1n) is 8.49. The zero-order valence-corrected chi connectivity index (χ0v) is 14.9. The molecule has 4 unspecified atom stereocenters. The molecule has 0 saturated heterocycles. The van der Waals surface area contributed by atoms with Gasteiger partial charge in [-0.15, -0.1) is 0 Å². The van der Waals surface area contributed by atoms with Crippen LogP contribution in [0, 0.1) is 11.8 Å². The van der Waals surface area contributed by atoms with Crippen molar-refractivity contribution in [2.45, 2.75) is 51.0 Å². The Bertz CT molecular complexity index is 597. The molecule has 2 aliphatic rings. The van der Waals surface area contributed by atoms with Crippen molar-refractivity contribution in [2.75, 3.05) is 6.61 Å². The Kier molecular flexibility index (Phi) is 5.19. The van der Waals surface area contributed by atoms with Crippen molar-refractivity contribution in [2.24, 2.45) is 16.8 Å². The van der Waals surface area contributed by atoms with Gasteiger partial charge in [0.2, 0.25) is 0 Å². The van der Waals surface area contributed by atoms with Crippen LogP contribution in [0.2, 0.25) is 0 Å². The van der Waals surface area contributed by atoms with Gasteiger partial charge >= 0.3 is 6.18 Å². The first kappa shape index (κ1) is 17.7. The molecule has 0 aromatic heterocycles. The van der Waals surface area contributed by atoms with E-state index >= 15 is 0 Å². The summed E-state index contributed by atoms with van der Waals surface area (Å²) in [5.41, 5.74) is -0.145. The Balaban J connectivity index is 1.67. The molecule has 4 atom stereocenters. The molecule has 1 saturated carbocycles. The molecule has 0 amide bonds. The highest BCUT2D eigenvalue weighted by Gasteiger charge is 2.36. The molecule has 6 heteroatoms. The average molecular weight is 357 g/mol. The highest BCUT2D eigenvalue weighted by atomic mass is 31.1. The van der Waals surface area contributed by atoms with Crippen LogP contribution in [0.25, 0.3) is 0 Å². The minimum atomic E-state index is -4.27. The Morgan fingerprint density at radius 3 is 2.46 bits per heavy atom. The summed E-state index contributed by atoms with van der Waals surface area (Å²) in [6.45, 7) is 4.96. The zero-order valence-electron chi connectivity index (χ0n) is 13.9. The van der Waals surface area contributed by atoms with Gasteiger partial charge in [-0.05, 0) is 41.9 Å². The third-order valence-electron chi connectivity index (χ3n) is 4.86. The number of halogens is 3. The maximum Gasteiger partial charge on any atom is 0.416 e. The molecule has 0 bridgehead atoms. The van der Waals surface area contributed by atoms with Gasteiger partial charge in [0, 0.05) is 5.92 Å². The second-order valence-corrected chi connectivity index (χ2v) is 8.56. The number of nitrogens with zero attached hydrogens (tertiary/aromatic N) is 1. The van der Waals surface area contributed by atoms with Crippen LogP contribution in [0.15, 0.2) is 29.3 Å². The van der Waals surface area contributed by atoms with Crippen LogP contribution in [0.5, 0.6) is 0 Å². The van der Waals surface area contributed by atoms with Crippen molar-refractivity contribution in [3.8, 4) is 0 Å². The molecule has 1 aromatic rings. The van der Waals surface area contributed by atoms with Gasteiger partial charge in [0.15, 0.2) is 5.90 Å². The van der Waals surface area contributed by atoms with Crippen molar-refractivity contribution in [3.63, 3.8) is 0 Å². The van der Waals surface area contributed by atoms with Crippen molar-refractivity contribution >= 4 is 19.8 Å². The van der Waals surface area contributed by atoms with Crippen molar-refractivity contribution < 1.29 is 17.9 Å². The maximum atomic E-state index is 12.7. The first-order chi connectivity index (χ1) is 11.3. The van der Waals surface area contributed by atoms with E-state index in [0.29, 0.717) is 32.7 Å². The van der Waals surface area contributed by atoms with E-state index in [4.69, 9.17) is 9.73 Å². The second kappa shape index (κ2) is 7.03. The topological polar surface area (TPSA) is 21.6 Å². The first-order valence-corrected chi connectivity index (χ1v) is 9.56. The largest absolute Gasteiger partial charge is 0.478 e. The van der Waals surface area contributed by atoms with E-state index in [0.717, 1.165) is 30.5 Å². The van der Waals surface area contributed by atoms with Crippen LogP contribution < -0.4 is 5.30 Å². The normalized spacial score (nSPS) is 27.9. The molecule has 2 nitrogen and oxygen atoms in total. The van der Waals surface area contributed by atoms with E-state index in [1.807, 2.05) is 0 Å². The lowest BCUT2D eigenvalue weighted by molar-refractivity contribution is -0.137. The summed E-state index contributed by atoms with van der Waals surface area (Å²) in [5.74, 6) is 1.68. The molecular formula is C18H23F3NOP. The van der Waals surface area contributed by atoms with Gasteiger partial charge in [-0.1, -0.05) is 41.0 Å². The van der Waals surface area contributed by atoms with Crippen LogP contribution >= 0.6 is 8.58 Å². The predicted octanol–water partition coefficient (Wildman–Crippen LogP) is 4.63. The predicted molar refractivity (Wildman–Crippen MR) is 92.5 cm³/mol. The van der Waals surface area contributed by atoms with Crippen LogP contribution in [-0.2, 0) is 10.9 Å². The van der Waals surface area contributed by atoms with Crippen LogP contribution in [0.1, 0.15) is 38.7 Å². The summed E-state index contributed by atoms with van der Waals surface area (Å²) in [5, 5.41) is 0.985. The summed E-state index contributed by atoms with van der Waals surface area (Å²) in [4.78, 5) is 4.76. The lowest BCUT2D eigenvalue weighted by Crippen LogP contribution is -2.22. The number of aliphatic imine (C=N–C) groups is 1. The second-order valence-electron chi connectivity index (χ2n) is 6.95. The monoisotopic (exact) mass is 357 g/mol. The fraction of sp³-hybridized carbons (Fsp3) is 0.611. The van der Waals surface area contributed by atoms with E-state index in [-0.39, 0.29) is 6.04 Å². The van der Waals surface area contributed by atoms with Crippen LogP contribution in [0.4, 0.5) is 13.2 Å². The zero-order chi connectivity index (χ0) is 17.3. The molecule has 3 rings (SSSR count). The fourth-order valence-electron chi connectivity index (χ4n) is 3.35. The summed E-state index contributed by atoms with van der Waals surface area (Å²) in [6, 6.07) is 5.85. The van der Waals surface area contributed by atoms with E-state index < -0.39 is 11.7 Å². The van der Waals surface area contributed by atoms with Gasteiger partial charge in [-0.25, -0.2) is 4.99 Å². The van der Waals surface area contributed by atoms with E-state index in [9.17, 15) is 13.2 Å². The van der Waals surface area contributed by atoms with Crippen molar-refractivity contribution in [1.29, 1.82) is 0 Å². The SMILES string of the molecule is CC(C)C1COC(C2CCCC2Pc2ccc(C(F)(F)F)cc2)=N1. The number of alkyl halides is 3. The molecule has 1 aliphatic carbocycles. The minimum absolute atomic E-state index is 0.246. The van der Waals surface area contributed by atoms with E-state index in [1.54, 1.807) is 12.1 Å². The van der Waals surface area contributed by atoms with Crippen molar-refractivity contribution in [3.05, 3.63) is 29.8 Å². The number of ether oxygens (including phenoxy) is 1. The Labute approximate surface area is 142 Å². The Morgan fingerprint density at radius 2 is 1.88 bits per heavy atom. The smallest absolute Gasteiger partial charge is 0.416 e. The minimum Gasteiger partial charge on any atom is -0.478 e. The summed E-state index contributed by atoms with van der Waals surface area (Å²) in [7, 11) is 0.503. The standard InChI is InChI=1S/C18H23F3NOP/c1-11(2)15-10-23-17(22-15)14-4-3-5-16(14)24-13-8-6-12(7-9-13)18(19,20)21/h6-9,11,14-16,24H,3-5,10H2,1-2H3. The summed E-state index contributed by atoms with van der Waals surface area (Å²) in [6.07, 6.45) is -0.964. The highest BCUT2D eigenvalue weighted by Crippen LogP contribution is 2.41. The van der Waals surface area contributed by atoms with Crippen LogP contribution in [-0.4, -0.2) is 24.2 Å². The molecule has 0 N–H and O–H groups in total. The van der Waals surface area contributed by atoms with Gasteiger partial charge in [-0.2, -0.15) is 13.2 Å². The molecule has 132 valence electrons. The van der Waals surface area contributed by atoms with Gasteiger partial charge in [0.05, 0.1) is 11.6 Å². The van der Waals surface area contributed by atoms with Gasteiger partial charge in [-0.3, -0.25) is 0 Å². The molecule has 0 spiro atoms. The maximum absolute atomic E-state index is 12.7. The number of rotatable bonds is 4. The van der Waals surface area contributed by atoms with E-state index in [2.05, 4.69) is 13.8 Å². The third kappa shape index (κ3) is 3.93. The lowest BCUT2D eigenvalue weighted by atomic mass is 10.1. The van der Waals surface area contributed by atoms with E-state index in [1.165, 1.54) is 12.1 Å². The number of hydrogen-bond donors (Lipinski definition) is 0. The highest BCUT2D eigenvalue weighted by molar-refractivity contribution is 7.48. The Morgan fingerprint density at radius 1 is 1.17 bits per heavy atom. The fourth-order valence-corrected chi connectivity index (χ4v) is 5.00. The third-order valence-corrected chi connectivity index (χ3v) is 6.59. The van der Waals surface area contributed by atoms with Gasteiger partial charge < -0.3 is 4.74 Å². The molecule has 24 heavy (non-hydrogen) atoms. The molecule has 0 radical (unpaired) electrons. The average Bonchev–Trinajstić information content (AvgIpc) is 3.15. The lowest BCUT2D eigenvalue weighted by Gasteiger charge is -2.19. The van der Waals surface area contributed by atoms with Gasteiger partial charge in [0.25, 0.3) is 0 Å². The molecule has 1 fully saturated rings. The van der Waals surface area contributed by atoms with Crippen molar-refractivity contribution in [1.82, 2.24) is 0 Å². The molecule has 1 aromatic carbocycles. The molecular weight excluding hydrogens is 334 g/mol.